The topological polar surface area (TPSA) is 49.7 Å². The molecule has 0 unspecified atom stereocenters. The predicted octanol–water partition coefficient (Wildman–Crippen LogP) is -3.12. The Morgan fingerprint density at radius 3 is 1.80 bits per heavy atom. The van der Waals surface area contributed by atoms with Crippen LogP contribution in [0, 0.1) is 4.91 Å². The molecule has 0 bridgehead atoms. The van der Waals surface area contributed by atoms with Gasteiger partial charge in [0.05, 0.1) is 0 Å². The molecule has 0 aliphatic carbocycles. The third-order valence-corrected chi connectivity index (χ3v) is 0. The molecule has 0 aromatic carbocycles. The molecule has 3 nitrogen and oxygen atoms in total. The standard InChI is InChI=1S/Al.Li.HNO2.H/c;;2-1-3;/h;;(H,2,3);/q;+1;;-1. The van der Waals surface area contributed by atoms with E-state index < -0.39 is 0 Å². The summed E-state index contributed by atoms with van der Waals surface area (Å²) in [7, 11) is 0. The Labute approximate surface area is 53.5 Å². The average Bonchev–Trinajstić information content (AvgIpc) is 0.918. The van der Waals surface area contributed by atoms with Gasteiger partial charge in [0, 0.05) is 17.4 Å². The fraction of sp³-hybridized carbons (Fsp3) is 0. The molecule has 0 aromatic rings. The Morgan fingerprint density at radius 1 is 1.80 bits per heavy atom. The van der Waals surface area contributed by atoms with Crippen LogP contribution in [0.2, 0.25) is 0 Å². The molecule has 1 N–H and O–H groups in total. The van der Waals surface area contributed by atoms with Crippen molar-refractivity contribution in [1.82, 2.24) is 0 Å². The van der Waals surface area contributed by atoms with Crippen LogP contribution in [0.5, 0.6) is 0 Å². The van der Waals surface area contributed by atoms with Gasteiger partial charge in [0.15, 0.2) is 5.34 Å². The number of hydrogen-bond acceptors (Lipinski definition) is 2. The van der Waals surface area contributed by atoms with E-state index >= 15 is 0 Å². The van der Waals surface area contributed by atoms with E-state index in [1.54, 1.807) is 0 Å². The van der Waals surface area contributed by atoms with Crippen LogP contribution in [0.25, 0.3) is 0 Å². The minimum absolute atomic E-state index is 0. The van der Waals surface area contributed by atoms with Gasteiger partial charge in [-0.25, -0.2) is 0 Å². The van der Waals surface area contributed by atoms with Gasteiger partial charge in [-0.2, -0.15) is 0 Å². The molecule has 0 fully saturated rings. The summed E-state index contributed by atoms with van der Waals surface area (Å²) in [6, 6.07) is 0. The molecule has 0 spiro atoms. The molecule has 0 aliphatic rings. The summed E-state index contributed by atoms with van der Waals surface area (Å²) in [6.45, 7) is 0. The smallest absolute Gasteiger partial charge is 1.00 e. The van der Waals surface area contributed by atoms with E-state index in [-0.39, 0.29) is 37.6 Å². The molecule has 3 radical (unpaired) electrons. The van der Waals surface area contributed by atoms with E-state index in [1.165, 1.54) is 5.34 Å². The fourth-order valence-corrected chi connectivity index (χ4v) is 0. The van der Waals surface area contributed by atoms with E-state index in [0.29, 0.717) is 0 Å². The van der Waals surface area contributed by atoms with Gasteiger partial charge in [-0.1, -0.05) is 0 Å². The molecule has 0 aromatic heterocycles. The second-order valence-electron chi connectivity index (χ2n) is 0.0816. The molecule has 0 saturated heterocycles. The quantitative estimate of drug-likeness (QED) is 0.191. The maximum Gasteiger partial charge on any atom is 1.00 e. The van der Waals surface area contributed by atoms with Gasteiger partial charge in [-0.05, 0) is 0 Å². The first-order valence-electron chi connectivity index (χ1n) is 0.383. The fourth-order valence-electron chi connectivity index (χ4n) is 0. The van der Waals surface area contributed by atoms with Gasteiger partial charge in [-0.3, -0.25) is 0 Å². The summed E-state index contributed by atoms with van der Waals surface area (Å²) in [5.41, 5.74) is 0. The van der Waals surface area contributed by atoms with Gasteiger partial charge in [0.2, 0.25) is 0 Å². The van der Waals surface area contributed by atoms with Crippen molar-refractivity contribution in [2.75, 3.05) is 0 Å². The van der Waals surface area contributed by atoms with Crippen LogP contribution >= 0.6 is 0 Å². The predicted molar refractivity (Wildman–Crippen MR) is 14.4 cm³/mol. The summed E-state index contributed by atoms with van der Waals surface area (Å²) < 4.78 is 0. The first-order chi connectivity index (χ1) is 1.41. The zero-order valence-corrected chi connectivity index (χ0v) is 4.03. The molecule has 0 heterocycles. The summed E-state index contributed by atoms with van der Waals surface area (Å²) in [5, 5.41) is 7.89. The molecule has 5 heteroatoms. The molecule has 5 heavy (non-hydrogen) atoms. The van der Waals surface area contributed by atoms with Crippen LogP contribution < -0.4 is 18.9 Å². The molecule has 0 rings (SSSR count). The van der Waals surface area contributed by atoms with E-state index in [1.807, 2.05) is 0 Å². The van der Waals surface area contributed by atoms with Crippen molar-refractivity contribution in [2.45, 2.75) is 0 Å². The van der Waals surface area contributed by atoms with Gasteiger partial charge in [0.1, 0.15) is 0 Å². The van der Waals surface area contributed by atoms with Crippen LogP contribution in [-0.4, -0.2) is 22.6 Å². The second kappa shape index (κ2) is 24.1. The van der Waals surface area contributed by atoms with Gasteiger partial charge in [0.25, 0.3) is 0 Å². The molecule has 0 saturated carbocycles. The van der Waals surface area contributed by atoms with Crippen molar-refractivity contribution in [1.29, 1.82) is 0 Å². The minimum Gasteiger partial charge on any atom is -1.00 e. The number of rotatable bonds is 0. The number of hydrogen-bond donors (Lipinski definition) is 1. The number of nitrogens with zero attached hydrogens (tertiary/aromatic N) is 1. The van der Waals surface area contributed by atoms with Crippen molar-refractivity contribution in [3.8, 4) is 0 Å². The van der Waals surface area contributed by atoms with Crippen LogP contribution in [0.3, 0.4) is 0 Å². The molecule has 23 valence electrons. The maximum absolute atomic E-state index is 8.11. The second-order valence-corrected chi connectivity index (χ2v) is 0.0816. The Balaban J connectivity index is -0.00000000667. The first-order valence-corrected chi connectivity index (χ1v) is 0.383. The minimum atomic E-state index is 0. The molecular weight excluding hydrogens is 79.9 g/mol. The van der Waals surface area contributed by atoms with Crippen LogP contribution in [0.1, 0.15) is 1.43 Å². The zero-order chi connectivity index (χ0) is 2.71. The zero-order valence-electron chi connectivity index (χ0n) is 3.88. The third-order valence-electron chi connectivity index (χ3n) is 0. The molecule has 0 amide bonds. The van der Waals surface area contributed by atoms with Crippen molar-refractivity contribution >= 4 is 17.4 Å². The van der Waals surface area contributed by atoms with Gasteiger partial charge in [-0.15, -0.1) is 4.91 Å². The Bertz CT molecular complexity index is 21.0. The summed E-state index contributed by atoms with van der Waals surface area (Å²) in [4.78, 5) is 8.11. The van der Waals surface area contributed by atoms with E-state index in [0.717, 1.165) is 0 Å². The summed E-state index contributed by atoms with van der Waals surface area (Å²) >= 11 is 0. The summed E-state index contributed by atoms with van der Waals surface area (Å²) in [6.07, 6.45) is 0. The van der Waals surface area contributed by atoms with E-state index in [4.69, 9.17) is 10.1 Å². The Hall–Kier alpha value is 0.530. The average molecular weight is 81.9 g/mol. The van der Waals surface area contributed by atoms with Crippen molar-refractivity contribution in [2.24, 2.45) is 5.34 Å². The Morgan fingerprint density at radius 2 is 1.80 bits per heavy atom. The van der Waals surface area contributed by atoms with Crippen molar-refractivity contribution < 1.29 is 25.5 Å². The molecule has 0 atom stereocenters. The van der Waals surface area contributed by atoms with Crippen molar-refractivity contribution in [3.63, 3.8) is 0 Å². The third kappa shape index (κ3) is 103. The van der Waals surface area contributed by atoms with Crippen LogP contribution in [0.15, 0.2) is 5.34 Å². The summed E-state index contributed by atoms with van der Waals surface area (Å²) in [5.74, 6) is 0. The van der Waals surface area contributed by atoms with E-state index in [9.17, 15) is 0 Å². The van der Waals surface area contributed by atoms with Crippen LogP contribution in [0.4, 0.5) is 0 Å². The molecule has 0 aliphatic heterocycles. The maximum atomic E-state index is 8.11. The van der Waals surface area contributed by atoms with Gasteiger partial charge >= 0.3 is 18.9 Å². The monoisotopic (exact) mass is 82.0 g/mol. The largest absolute Gasteiger partial charge is 1.00 e. The van der Waals surface area contributed by atoms with E-state index in [2.05, 4.69) is 0 Å². The van der Waals surface area contributed by atoms with Gasteiger partial charge < -0.3 is 6.63 Å². The molecular formula is H2AlLiNO2. The van der Waals surface area contributed by atoms with Crippen LogP contribution in [-0.2, 0) is 0 Å². The normalized spacial score (nSPS) is 2.40. The van der Waals surface area contributed by atoms with Crippen molar-refractivity contribution in [3.05, 3.63) is 4.91 Å². The first kappa shape index (κ1) is 17.7. The SMILES string of the molecule is O=NO.[Al].[H-].[Li+]. The Kier molecular flexibility index (Phi) is 85.5.